The van der Waals surface area contributed by atoms with E-state index < -0.39 is 0 Å². The lowest BCUT2D eigenvalue weighted by Crippen LogP contribution is -2.39. The number of H-pyrrole nitrogens is 1. The minimum Gasteiger partial charge on any atom is -0.390 e. The number of carbonyl (C=O) groups is 1. The van der Waals surface area contributed by atoms with Gasteiger partial charge in [0.25, 0.3) is 5.91 Å². The Morgan fingerprint density at radius 3 is 3.08 bits per heavy atom. The van der Waals surface area contributed by atoms with Crippen LogP contribution < -0.4 is 0 Å². The number of likely N-dealkylation sites (tertiary alicyclic amines) is 1. The molecule has 0 aromatic carbocycles. The van der Waals surface area contributed by atoms with Gasteiger partial charge in [0.05, 0.1) is 23.6 Å². The van der Waals surface area contributed by atoms with Gasteiger partial charge in [-0.15, -0.1) is 11.3 Å². The number of nitrogens with zero attached hydrogens (tertiary/aromatic N) is 2. The van der Waals surface area contributed by atoms with Crippen molar-refractivity contribution in [3.8, 4) is 0 Å². The first kappa shape index (κ1) is 15.8. The lowest BCUT2D eigenvalue weighted by molar-refractivity contribution is 0.0705. The second-order valence-electron chi connectivity index (χ2n) is 6.82. The molecular formula is C18H23N3O2S. The van der Waals surface area contributed by atoms with E-state index in [4.69, 9.17) is 0 Å². The molecule has 1 aliphatic carbocycles. The SMILES string of the molecule is O=C(c1csc2c1CCCC2)N1CCCC(c2cc(CO)[nH]n2)C1. The molecule has 0 spiro atoms. The number of nitrogens with one attached hydrogen (secondary N) is 1. The zero-order valence-electron chi connectivity index (χ0n) is 13.8. The largest absolute Gasteiger partial charge is 0.390 e. The highest BCUT2D eigenvalue weighted by Gasteiger charge is 2.29. The van der Waals surface area contributed by atoms with Crippen LogP contribution in [-0.4, -0.2) is 39.2 Å². The van der Waals surface area contributed by atoms with Gasteiger partial charge in [-0.1, -0.05) is 0 Å². The van der Waals surface area contributed by atoms with Crippen molar-refractivity contribution in [1.82, 2.24) is 15.1 Å². The molecule has 0 radical (unpaired) electrons. The summed E-state index contributed by atoms with van der Waals surface area (Å²) in [5.41, 5.74) is 3.94. The van der Waals surface area contributed by atoms with Gasteiger partial charge < -0.3 is 10.0 Å². The van der Waals surface area contributed by atoms with Gasteiger partial charge in [-0.05, 0) is 50.2 Å². The van der Waals surface area contributed by atoms with Crippen molar-refractivity contribution in [3.05, 3.63) is 38.8 Å². The minimum absolute atomic E-state index is 0.0244. The Bertz CT molecular complexity index is 736. The number of fused-ring (bicyclic) bond motifs is 1. The number of hydrogen-bond acceptors (Lipinski definition) is 4. The summed E-state index contributed by atoms with van der Waals surface area (Å²) in [6.45, 7) is 1.53. The van der Waals surface area contributed by atoms with Gasteiger partial charge in [0.2, 0.25) is 0 Å². The van der Waals surface area contributed by atoms with Crippen LogP contribution in [0, 0.1) is 0 Å². The average Bonchev–Trinajstić information content (AvgIpc) is 3.28. The quantitative estimate of drug-likeness (QED) is 0.899. The summed E-state index contributed by atoms with van der Waals surface area (Å²) in [6.07, 6.45) is 6.68. The smallest absolute Gasteiger partial charge is 0.255 e. The number of piperidine rings is 1. The maximum absolute atomic E-state index is 13.0. The first-order valence-corrected chi connectivity index (χ1v) is 9.67. The average molecular weight is 345 g/mol. The number of thiophene rings is 1. The summed E-state index contributed by atoms with van der Waals surface area (Å²) in [6, 6.07) is 1.92. The van der Waals surface area contributed by atoms with Gasteiger partial charge in [-0.25, -0.2) is 0 Å². The lowest BCUT2D eigenvalue weighted by Gasteiger charge is -2.32. The van der Waals surface area contributed by atoms with Crippen LogP contribution >= 0.6 is 11.3 Å². The summed E-state index contributed by atoms with van der Waals surface area (Å²) in [5, 5.41) is 18.4. The van der Waals surface area contributed by atoms with Crippen LogP contribution in [0.2, 0.25) is 0 Å². The zero-order valence-corrected chi connectivity index (χ0v) is 14.6. The van der Waals surface area contributed by atoms with E-state index in [-0.39, 0.29) is 18.4 Å². The molecule has 1 amide bonds. The number of aliphatic hydroxyl groups excluding tert-OH is 1. The van der Waals surface area contributed by atoms with Crippen molar-refractivity contribution in [3.63, 3.8) is 0 Å². The predicted octanol–water partition coefficient (Wildman–Crippen LogP) is 2.86. The fourth-order valence-corrected chi connectivity index (χ4v) is 5.04. The van der Waals surface area contributed by atoms with Crippen LogP contribution in [0.25, 0.3) is 0 Å². The van der Waals surface area contributed by atoms with Gasteiger partial charge in [-0.3, -0.25) is 9.89 Å². The number of aromatic amines is 1. The molecule has 1 saturated heterocycles. The first-order valence-electron chi connectivity index (χ1n) is 8.80. The molecule has 3 heterocycles. The molecule has 2 aromatic rings. The molecule has 6 heteroatoms. The van der Waals surface area contributed by atoms with E-state index in [0.717, 1.165) is 55.7 Å². The van der Waals surface area contributed by atoms with Crippen molar-refractivity contribution in [2.75, 3.05) is 13.1 Å². The van der Waals surface area contributed by atoms with E-state index in [2.05, 4.69) is 15.6 Å². The van der Waals surface area contributed by atoms with Gasteiger partial charge in [0.1, 0.15) is 0 Å². The Kier molecular flexibility index (Phi) is 4.41. The highest BCUT2D eigenvalue weighted by atomic mass is 32.1. The predicted molar refractivity (Wildman–Crippen MR) is 93.4 cm³/mol. The number of aromatic nitrogens is 2. The standard InChI is InChI=1S/C18H23N3O2S/c22-10-13-8-16(20-19-13)12-4-3-7-21(9-12)18(23)15-11-24-17-6-2-1-5-14(15)17/h8,11-12,22H,1-7,9-10H2,(H,19,20). The normalized spacial score (nSPS) is 20.9. The van der Waals surface area contributed by atoms with E-state index in [1.165, 1.54) is 23.3 Å². The molecule has 0 saturated carbocycles. The lowest BCUT2D eigenvalue weighted by atomic mass is 9.92. The molecule has 1 fully saturated rings. The number of rotatable bonds is 3. The molecule has 2 aromatic heterocycles. The fourth-order valence-electron chi connectivity index (χ4n) is 3.92. The minimum atomic E-state index is -0.0244. The Hall–Kier alpha value is -1.66. The number of carbonyl (C=O) groups excluding carboxylic acids is 1. The van der Waals surface area contributed by atoms with E-state index in [0.29, 0.717) is 0 Å². The van der Waals surface area contributed by atoms with Gasteiger partial charge in [-0.2, -0.15) is 5.10 Å². The van der Waals surface area contributed by atoms with E-state index in [1.807, 2.05) is 11.0 Å². The summed E-state index contributed by atoms with van der Waals surface area (Å²) in [7, 11) is 0. The number of aryl methyl sites for hydroxylation is 1. The summed E-state index contributed by atoms with van der Waals surface area (Å²) in [5.74, 6) is 0.450. The third kappa shape index (κ3) is 2.89. The van der Waals surface area contributed by atoms with Crippen LogP contribution in [0.15, 0.2) is 11.4 Å². The van der Waals surface area contributed by atoms with Crippen LogP contribution in [0.1, 0.15) is 63.8 Å². The Morgan fingerprint density at radius 1 is 1.38 bits per heavy atom. The van der Waals surface area contributed by atoms with E-state index >= 15 is 0 Å². The third-order valence-electron chi connectivity index (χ3n) is 5.24. The first-order chi connectivity index (χ1) is 11.8. The molecular weight excluding hydrogens is 322 g/mol. The Balaban J connectivity index is 1.51. The summed E-state index contributed by atoms with van der Waals surface area (Å²) >= 11 is 1.76. The second-order valence-corrected chi connectivity index (χ2v) is 7.79. The summed E-state index contributed by atoms with van der Waals surface area (Å²) in [4.78, 5) is 16.4. The molecule has 128 valence electrons. The van der Waals surface area contributed by atoms with Gasteiger partial charge >= 0.3 is 0 Å². The maximum atomic E-state index is 13.0. The fraction of sp³-hybridized carbons (Fsp3) is 0.556. The Labute approximate surface area is 145 Å². The molecule has 2 aliphatic rings. The molecule has 1 atom stereocenters. The molecule has 5 nitrogen and oxygen atoms in total. The number of aliphatic hydroxyl groups is 1. The van der Waals surface area contributed by atoms with E-state index in [1.54, 1.807) is 11.3 Å². The molecule has 0 bridgehead atoms. The van der Waals surface area contributed by atoms with Crippen LogP contribution in [0.4, 0.5) is 0 Å². The van der Waals surface area contributed by atoms with Gasteiger partial charge in [0.15, 0.2) is 0 Å². The monoisotopic (exact) mass is 345 g/mol. The van der Waals surface area contributed by atoms with E-state index in [9.17, 15) is 9.90 Å². The third-order valence-corrected chi connectivity index (χ3v) is 6.33. The van der Waals surface area contributed by atoms with Crippen molar-refractivity contribution < 1.29 is 9.90 Å². The maximum Gasteiger partial charge on any atom is 0.255 e. The number of amides is 1. The van der Waals surface area contributed by atoms with Crippen molar-refractivity contribution in [2.45, 2.75) is 51.0 Å². The zero-order chi connectivity index (χ0) is 16.5. The highest BCUT2D eigenvalue weighted by Crippen LogP contribution is 2.33. The van der Waals surface area contributed by atoms with Crippen molar-refractivity contribution in [1.29, 1.82) is 0 Å². The molecule has 1 unspecified atom stereocenters. The van der Waals surface area contributed by atoms with Crippen molar-refractivity contribution >= 4 is 17.2 Å². The molecule has 1 aliphatic heterocycles. The highest BCUT2D eigenvalue weighted by molar-refractivity contribution is 7.10. The molecule has 24 heavy (non-hydrogen) atoms. The topological polar surface area (TPSA) is 69.2 Å². The number of hydrogen-bond donors (Lipinski definition) is 2. The second kappa shape index (κ2) is 6.69. The van der Waals surface area contributed by atoms with Crippen molar-refractivity contribution in [2.24, 2.45) is 0 Å². The molecule has 4 rings (SSSR count). The van der Waals surface area contributed by atoms with Gasteiger partial charge in [0, 0.05) is 29.3 Å². The molecule has 2 N–H and O–H groups in total. The Morgan fingerprint density at radius 2 is 2.25 bits per heavy atom. The van der Waals surface area contributed by atoms with Crippen LogP contribution in [0.5, 0.6) is 0 Å². The van der Waals surface area contributed by atoms with Crippen LogP contribution in [0.3, 0.4) is 0 Å². The summed E-state index contributed by atoms with van der Waals surface area (Å²) < 4.78 is 0. The van der Waals surface area contributed by atoms with Crippen LogP contribution in [-0.2, 0) is 19.4 Å².